The fraction of sp³-hybridized carbons (Fsp3) is 0.917. The van der Waals surface area contributed by atoms with E-state index in [0.29, 0.717) is 25.6 Å². The molecule has 0 aromatic rings. The van der Waals surface area contributed by atoms with Crippen LogP contribution in [0.5, 0.6) is 0 Å². The highest BCUT2D eigenvalue weighted by Gasteiger charge is 1.94. The lowest BCUT2D eigenvalue weighted by molar-refractivity contribution is -0.118. The monoisotopic (exact) mass is 217 g/mol. The molecule has 15 heavy (non-hydrogen) atoms. The summed E-state index contributed by atoms with van der Waals surface area (Å²) in [5.74, 6) is 0.868. The van der Waals surface area contributed by atoms with Gasteiger partial charge in [0.2, 0.25) is 0 Å². The molecule has 0 unspecified atom stereocenters. The summed E-state index contributed by atoms with van der Waals surface area (Å²) in [7, 11) is 0. The molecule has 0 saturated heterocycles. The van der Waals surface area contributed by atoms with Gasteiger partial charge in [0.15, 0.2) is 0 Å². The predicted octanol–water partition coefficient (Wildman–Crippen LogP) is 2.25. The third-order valence-corrected chi connectivity index (χ3v) is 1.57. The average molecular weight is 217 g/mol. The van der Waals surface area contributed by atoms with Crippen molar-refractivity contribution in [3.63, 3.8) is 0 Å². The van der Waals surface area contributed by atoms with Crippen molar-refractivity contribution in [3.8, 4) is 0 Å². The summed E-state index contributed by atoms with van der Waals surface area (Å²) in [6.07, 6.45) is 0.532. The van der Waals surface area contributed by atoms with Crippen molar-refractivity contribution >= 4 is 5.78 Å². The van der Waals surface area contributed by atoms with E-state index in [1.165, 1.54) is 0 Å². The van der Waals surface area contributed by atoms with Crippen molar-refractivity contribution in [1.82, 2.24) is 5.32 Å². The minimum Gasteiger partial charge on any atom is -0.380 e. The molecule has 1 N–H and O–H groups in total. The van der Waals surface area contributed by atoms with Crippen molar-refractivity contribution in [3.05, 3.63) is 0 Å². The lowest BCUT2D eigenvalue weighted by Crippen LogP contribution is -2.24. The Balaban J connectivity index is 0. The molecule has 0 aromatic heterocycles. The van der Waals surface area contributed by atoms with Gasteiger partial charge in [0, 0.05) is 13.0 Å². The molecule has 0 radical (unpaired) electrons. The third kappa shape index (κ3) is 19.8. The van der Waals surface area contributed by atoms with Crippen molar-refractivity contribution in [2.24, 2.45) is 5.92 Å². The van der Waals surface area contributed by atoms with Gasteiger partial charge in [0.25, 0.3) is 0 Å². The Morgan fingerprint density at radius 3 is 2.33 bits per heavy atom. The highest BCUT2D eigenvalue weighted by molar-refractivity contribution is 5.75. The topological polar surface area (TPSA) is 38.3 Å². The van der Waals surface area contributed by atoms with Gasteiger partial charge in [-0.25, -0.2) is 0 Å². The van der Waals surface area contributed by atoms with Gasteiger partial charge >= 0.3 is 0 Å². The number of nitrogens with one attached hydrogen (secondary N) is 1. The van der Waals surface area contributed by atoms with Crippen LogP contribution in [0.25, 0.3) is 0 Å². The van der Waals surface area contributed by atoms with E-state index in [9.17, 15) is 4.79 Å². The molecule has 0 heterocycles. The molecule has 0 aromatic carbocycles. The number of ether oxygens (including phenoxy) is 1. The number of Topliss-reactive ketones (excluding diaryl/α,β-unsaturated/α-hetero) is 1. The molecule has 0 spiro atoms. The smallest absolute Gasteiger partial charge is 0.132 e. The second-order valence-electron chi connectivity index (χ2n) is 3.66. The number of carbonyl (C=O) groups excluding carboxylic acids is 1. The van der Waals surface area contributed by atoms with E-state index in [2.05, 4.69) is 19.2 Å². The fourth-order valence-electron chi connectivity index (χ4n) is 0.853. The molecular formula is C12H27NO2. The van der Waals surface area contributed by atoms with E-state index in [0.717, 1.165) is 13.1 Å². The summed E-state index contributed by atoms with van der Waals surface area (Å²) in [5, 5.41) is 3.26. The molecule has 0 fully saturated rings. The lowest BCUT2D eigenvalue weighted by atomic mass is 10.2. The second kappa shape index (κ2) is 13.6. The molecule has 3 heteroatoms. The standard InChI is InChI=1S/C10H21NO2.C2H6/c1-9(2)8-11-5-7-13-6-4-10(3)12;1-2/h9,11H,4-8H2,1-3H3;1-2H3. The summed E-state index contributed by atoms with van der Waals surface area (Å²) in [4.78, 5) is 10.5. The maximum Gasteiger partial charge on any atom is 0.132 e. The zero-order valence-corrected chi connectivity index (χ0v) is 10.9. The minimum atomic E-state index is 0.190. The molecule has 3 nitrogen and oxygen atoms in total. The van der Waals surface area contributed by atoms with Gasteiger partial charge in [-0.05, 0) is 19.4 Å². The molecule has 0 bridgehead atoms. The fourth-order valence-corrected chi connectivity index (χ4v) is 0.853. The Morgan fingerprint density at radius 2 is 1.87 bits per heavy atom. The molecule has 0 saturated carbocycles. The first-order valence-electron chi connectivity index (χ1n) is 5.91. The molecule has 0 amide bonds. The minimum absolute atomic E-state index is 0.190. The maximum absolute atomic E-state index is 10.5. The zero-order valence-electron chi connectivity index (χ0n) is 10.9. The SMILES string of the molecule is CC.CC(=O)CCOCCNCC(C)C. The summed E-state index contributed by atoms with van der Waals surface area (Å²) in [6.45, 7) is 13.1. The van der Waals surface area contributed by atoms with Crippen LogP contribution in [0.4, 0.5) is 0 Å². The normalized spacial score (nSPS) is 9.73. The zero-order chi connectivity index (χ0) is 12.1. The number of hydrogen-bond acceptors (Lipinski definition) is 3. The van der Waals surface area contributed by atoms with Crippen molar-refractivity contribution < 1.29 is 9.53 Å². The summed E-state index contributed by atoms with van der Waals surface area (Å²) in [5.41, 5.74) is 0. The molecule has 0 atom stereocenters. The number of rotatable bonds is 8. The van der Waals surface area contributed by atoms with Crippen molar-refractivity contribution in [2.75, 3.05) is 26.3 Å². The van der Waals surface area contributed by atoms with Crippen LogP contribution < -0.4 is 5.32 Å². The summed E-state index contributed by atoms with van der Waals surface area (Å²) in [6, 6.07) is 0. The molecule has 92 valence electrons. The number of carbonyl (C=O) groups is 1. The van der Waals surface area contributed by atoms with Crippen LogP contribution >= 0.6 is 0 Å². The van der Waals surface area contributed by atoms with Gasteiger partial charge in [-0.15, -0.1) is 0 Å². The predicted molar refractivity (Wildman–Crippen MR) is 65.2 cm³/mol. The molecule has 0 aliphatic heterocycles. The molecule has 0 aliphatic carbocycles. The largest absolute Gasteiger partial charge is 0.380 e. The van der Waals surface area contributed by atoms with E-state index in [1.54, 1.807) is 6.92 Å². The van der Waals surface area contributed by atoms with E-state index in [4.69, 9.17) is 4.74 Å². The van der Waals surface area contributed by atoms with Crippen LogP contribution in [0.15, 0.2) is 0 Å². The Hall–Kier alpha value is -0.410. The van der Waals surface area contributed by atoms with Crippen LogP contribution in [-0.2, 0) is 9.53 Å². The van der Waals surface area contributed by atoms with Gasteiger partial charge in [-0.1, -0.05) is 27.7 Å². The van der Waals surface area contributed by atoms with Crippen LogP contribution in [0, 0.1) is 5.92 Å². The first-order valence-corrected chi connectivity index (χ1v) is 5.91. The van der Waals surface area contributed by atoms with Gasteiger partial charge in [0.1, 0.15) is 5.78 Å². The van der Waals surface area contributed by atoms with E-state index >= 15 is 0 Å². The first-order chi connectivity index (χ1) is 7.13. The first kappa shape index (κ1) is 17.0. The average Bonchev–Trinajstić information content (AvgIpc) is 2.18. The quantitative estimate of drug-likeness (QED) is 0.634. The third-order valence-electron chi connectivity index (χ3n) is 1.57. The number of ketones is 1. The van der Waals surface area contributed by atoms with Gasteiger partial charge in [-0.3, -0.25) is 4.79 Å². The van der Waals surface area contributed by atoms with E-state index in [-0.39, 0.29) is 5.78 Å². The Morgan fingerprint density at radius 1 is 1.27 bits per heavy atom. The van der Waals surface area contributed by atoms with E-state index < -0.39 is 0 Å². The van der Waals surface area contributed by atoms with Gasteiger partial charge < -0.3 is 10.1 Å². The van der Waals surface area contributed by atoms with Crippen molar-refractivity contribution in [1.29, 1.82) is 0 Å². The van der Waals surface area contributed by atoms with Crippen molar-refractivity contribution in [2.45, 2.75) is 41.0 Å². The second-order valence-corrected chi connectivity index (χ2v) is 3.66. The van der Waals surface area contributed by atoms with Crippen LogP contribution in [0.2, 0.25) is 0 Å². The Labute approximate surface area is 94.6 Å². The van der Waals surface area contributed by atoms with Gasteiger partial charge in [-0.2, -0.15) is 0 Å². The maximum atomic E-state index is 10.5. The number of hydrogen-bond donors (Lipinski definition) is 1. The highest BCUT2D eigenvalue weighted by Crippen LogP contribution is 1.87. The highest BCUT2D eigenvalue weighted by atomic mass is 16.5. The van der Waals surface area contributed by atoms with Crippen LogP contribution in [-0.4, -0.2) is 32.1 Å². The summed E-state index contributed by atoms with van der Waals surface area (Å²) < 4.78 is 5.24. The Bertz CT molecular complexity index is 136. The molecule has 0 rings (SSSR count). The lowest BCUT2D eigenvalue weighted by Gasteiger charge is -2.07. The van der Waals surface area contributed by atoms with Crippen LogP contribution in [0.3, 0.4) is 0 Å². The van der Waals surface area contributed by atoms with E-state index in [1.807, 2.05) is 13.8 Å². The summed E-state index contributed by atoms with van der Waals surface area (Å²) >= 11 is 0. The van der Waals surface area contributed by atoms with Crippen LogP contribution in [0.1, 0.15) is 41.0 Å². The molecule has 0 aliphatic rings. The Kier molecular flexibility index (Phi) is 15.4. The molecular weight excluding hydrogens is 190 g/mol. The van der Waals surface area contributed by atoms with Gasteiger partial charge in [0.05, 0.1) is 13.2 Å².